The van der Waals surface area contributed by atoms with E-state index in [0.717, 1.165) is 0 Å². The van der Waals surface area contributed by atoms with Crippen molar-refractivity contribution in [3.8, 4) is 5.75 Å². The van der Waals surface area contributed by atoms with Crippen LogP contribution in [0.5, 0.6) is 5.75 Å². The second kappa shape index (κ2) is 5.10. The maximum absolute atomic E-state index is 10.8. The molecule has 0 unspecified atom stereocenters. The summed E-state index contributed by atoms with van der Waals surface area (Å²) in [4.78, 5) is 10.8. The van der Waals surface area contributed by atoms with E-state index in [2.05, 4.69) is 4.74 Å². The minimum absolute atomic E-state index is 0. The number of ether oxygens (including phenoxy) is 1. The zero-order valence-corrected chi connectivity index (χ0v) is 9.03. The predicted octanol–water partition coefficient (Wildman–Crippen LogP) is 1.18. The molecule has 0 radical (unpaired) electrons. The predicted molar refractivity (Wildman–Crippen MR) is 39.4 cm³/mol. The molecule has 0 aliphatic carbocycles. The number of benzene rings is 1. The van der Waals surface area contributed by atoms with Gasteiger partial charge in [-0.1, -0.05) is 0 Å². The number of phenolic OH excluding ortho intramolecular Hbond substituents is 1. The number of carbonyl (C=O) groups excluding carboxylic acids is 1. The second-order valence-electron chi connectivity index (χ2n) is 2.04. The molecule has 4 heteroatoms. The van der Waals surface area contributed by atoms with E-state index in [9.17, 15) is 4.79 Å². The van der Waals surface area contributed by atoms with Crippen LogP contribution in [0.4, 0.5) is 0 Å². The molecule has 12 heavy (non-hydrogen) atoms. The van der Waals surface area contributed by atoms with Crippen molar-refractivity contribution in [2.45, 2.75) is 0 Å². The Hall–Kier alpha value is -0.627. The first-order valence-corrected chi connectivity index (χ1v) is 3.11. The Morgan fingerprint density at radius 2 is 1.83 bits per heavy atom. The van der Waals surface area contributed by atoms with Crippen molar-refractivity contribution in [1.29, 1.82) is 0 Å². The molecule has 0 saturated heterocycles. The van der Waals surface area contributed by atoms with E-state index >= 15 is 0 Å². The van der Waals surface area contributed by atoms with Crippen molar-refractivity contribution in [2.24, 2.45) is 0 Å². The van der Waals surface area contributed by atoms with Gasteiger partial charge in [0.15, 0.2) is 0 Å². The molecule has 0 aromatic heterocycles. The molecule has 0 heterocycles. The zero-order valence-electron chi connectivity index (χ0n) is 6.57. The molecule has 3 nitrogen and oxygen atoms in total. The summed E-state index contributed by atoms with van der Waals surface area (Å²) in [6, 6.07) is 5.88. The summed E-state index contributed by atoms with van der Waals surface area (Å²) in [6.45, 7) is 0. The zero-order chi connectivity index (χ0) is 8.27. The fourth-order valence-electron chi connectivity index (χ4n) is 0.715. The Morgan fingerprint density at radius 3 is 2.25 bits per heavy atom. The normalized spacial score (nSPS) is 8.42. The molecule has 1 aromatic rings. The largest absolute Gasteiger partial charge is 0.508 e. The minimum atomic E-state index is -0.398. The van der Waals surface area contributed by atoms with E-state index < -0.39 is 5.97 Å². The van der Waals surface area contributed by atoms with Crippen LogP contribution in [0.25, 0.3) is 0 Å². The number of hydrogen-bond donors (Lipinski definition) is 1. The van der Waals surface area contributed by atoms with Gasteiger partial charge in [0.25, 0.3) is 0 Å². The molecule has 1 aromatic carbocycles. The Bertz CT molecular complexity index is 256. The molecule has 0 atom stereocenters. The van der Waals surface area contributed by atoms with Gasteiger partial charge >= 0.3 is 5.97 Å². The van der Waals surface area contributed by atoms with Gasteiger partial charge in [-0.15, -0.1) is 0 Å². The van der Waals surface area contributed by atoms with Gasteiger partial charge in [-0.05, 0) is 24.3 Å². The number of carbonyl (C=O) groups is 1. The van der Waals surface area contributed by atoms with Gasteiger partial charge in [-0.2, -0.15) is 0 Å². The molecule has 0 saturated carbocycles. The minimum Gasteiger partial charge on any atom is -0.508 e. The van der Waals surface area contributed by atoms with E-state index in [-0.39, 0.29) is 32.0 Å². The Kier molecular flexibility index (Phi) is 4.83. The molecule has 0 aliphatic heterocycles. The number of rotatable bonds is 1. The first-order valence-electron chi connectivity index (χ1n) is 3.11. The van der Waals surface area contributed by atoms with Gasteiger partial charge in [-0.25, -0.2) is 4.79 Å². The van der Waals surface area contributed by atoms with E-state index in [0.29, 0.717) is 5.56 Å². The van der Waals surface area contributed by atoms with Gasteiger partial charge in [0.1, 0.15) is 5.75 Å². The number of methoxy groups -OCH3 is 1. The molecule has 1 rings (SSSR count). The van der Waals surface area contributed by atoms with Crippen LogP contribution in [0.1, 0.15) is 10.4 Å². The Balaban J connectivity index is 0.00000121. The van der Waals surface area contributed by atoms with Crippen LogP contribution < -0.4 is 0 Å². The van der Waals surface area contributed by atoms with Crippen molar-refractivity contribution < 1.29 is 40.8 Å². The summed E-state index contributed by atoms with van der Waals surface area (Å²) in [5.41, 5.74) is 0.435. The van der Waals surface area contributed by atoms with Gasteiger partial charge in [0.2, 0.25) is 0 Å². The number of phenols is 1. The van der Waals surface area contributed by atoms with Crippen LogP contribution in [0.2, 0.25) is 0 Å². The van der Waals surface area contributed by atoms with E-state index in [1.54, 1.807) is 0 Å². The quantitative estimate of drug-likeness (QED) is 0.753. The van der Waals surface area contributed by atoms with Crippen molar-refractivity contribution in [3.63, 3.8) is 0 Å². The van der Waals surface area contributed by atoms with Gasteiger partial charge in [0, 0.05) is 26.2 Å². The van der Waals surface area contributed by atoms with Crippen molar-refractivity contribution >= 4 is 5.97 Å². The van der Waals surface area contributed by atoms with Crippen LogP contribution in [0, 0.1) is 0 Å². The molecule has 0 aliphatic rings. The van der Waals surface area contributed by atoms with Crippen LogP contribution in [-0.2, 0) is 30.9 Å². The molecule has 62 valence electrons. The SMILES string of the molecule is COC(=O)c1ccc(O)cc1.[Zr]. The average Bonchev–Trinajstić information content (AvgIpc) is 2.05. The van der Waals surface area contributed by atoms with E-state index in [1.165, 1.54) is 31.4 Å². The van der Waals surface area contributed by atoms with Crippen LogP contribution >= 0.6 is 0 Å². The molecule has 0 fully saturated rings. The van der Waals surface area contributed by atoms with Crippen LogP contribution in [-0.4, -0.2) is 18.2 Å². The maximum atomic E-state index is 10.8. The summed E-state index contributed by atoms with van der Waals surface area (Å²) in [5.74, 6) is -0.261. The summed E-state index contributed by atoms with van der Waals surface area (Å²) in [6.07, 6.45) is 0. The fourth-order valence-corrected chi connectivity index (χ4v) is 0.715. The van der Waals surface area contributed by atoms with Crippen molar-refractivity contribution in [1.82, 2.24) is 0 Å². The molecule has 0 amide bonds. The fraction of sp³-hybridized carbons (Fsp3) is 0.125. The third-order valence-corrected chi connectivity index (χ3v) is 1.29. The summed E-state index contributed by atoms with van der Waals surface area (Å²) < 4.78 is 4.46. The Morgan fingerprint density at radius 1 is 1.33 bits per heavy atom. The topological polar surface area (TPSA) is 46.5 Å². The molecule has 0 spiro atoms. The first kappa shape index (κ1) is 11.4. The first-order chi connectivity index (χ1) is 5.24. The van der Waals surface area contributed by atoms with Gasteiger partial charge in [0.05, 0.1) is 12.7 Å². The standard InChI is InChI=1S/C8H8O3.Zr/c1-11-8(10)6-2-4-7(9)5-3-6;/h2-5,9H,1H3;. The van der Waals surface area contributed by atoms with Crippen molar-refractivity contribution in [2.75, 3.05) is 7.11 Å². The summed E-state index contributed by atoms with van der Waals surface area (Å²) >= 11 is 0. The average molecular weight is 243 g/mol. The molecule has 0 bridgehead atoms. The van der Waals surface area contributed by atoms with Crippen LogP contribution in [0.3, 0.4) is 0 Å². The molecule has 1 N–H and O–H groups in total. The maximum Gasteiger partial charge on any atom is 0.337 e. The second-order valence-corrected chi connectivity index (χ2v) is 2.04. The Labute approximate surface area is 89.5 Å². The number of hydrogen-bond acceptors (Lipinski definition) is 3. The van der Waals surface area contributed by atoms with Gasteiger partial charge < -0.3 is 9.84 Å². The molecular formula is C8H8O3Zr. The number of aromatic hydroxyl groups is 1. The van der Waals surface area contributed by atoms with E-state index in [1.807, 2.05) is 0 Å². The third-order valence-electron chi connectivity index (χ3n) is 1.29. The smallest absolute Gasteiger partial charge is 0.337 e. The van der Waals surface area contributed by atoms with Crippen molar-refractivity contribution in [3.05, 3.63) is 29.8 Å². The summed E-state index contributed by atoms with van der Waals surface area (Å²) in [7, 11) is 1.31. The third kappa shape index (κ3) is 2.78. The van der Waals surface area contributed by atoms with Gasteiger partial charge in [-0.3, -0.25) is 0 Å². The van der Waals surface area contributed by atoms with Crippen LogP contribution in [0.15, 0.2) is 24.3 Å². The van der Waals surface area contributed by atoms with E-state index in [4.69, 9.17) is 5.11 Å². The summed E-state index contributed by atoms with van der Waals surface area (Å²) in [5, 5.41) is 8.86. The number of esters is 1. The molecular weight excluding hydrogens is 235 g/mol. The monoisotopic (exact) mass is 242 g/mol.